The fourth-order valence-electron chi connectivity index (χ4n) is 1.68. The van der Waals surface area contributed by atoms with E-state index in [1.54, 1.807) is 6.07 Å². The molecule has 0 radical (unpaired) electrons. The highest BCUT2D eigenvalue weighted by atomic mass is 79.9. The highest BCUT2D eigenvalue weighted by Crippen LogP contribution is 2.29. The van der Waals surface area contributed by atoms with Crippen LogP contribution in [0.1, 0.15) is 15.9 Å². The fourth-order valence-corrected chi connectivity index (χ4v) is 2.27. The summed E-state index contributed by atoms with van der Waals surface area (Å²) in [4.78, 5) is 10.8. The molecule has 0 saturated heterocycles. The number of anilines is 3. The SMILES string of the molecule is Cc1ccc(Nc2ccc(C(=O)O)cc2N)c(Br)c1. The molecule has 0 fully saturated rings. The number of nitrogen functional groups attached to an aromatic ring is 1. The first-order valence-electron chi connectivity index (χ1n) is 5.63. The number of hydrogen-bond acceptors (Lipinski definition) is 3. The van der Waals surface area contributed by atoms with E-state index in [9.17, 15) is 4.79 Å². The second kappa shape index (κ2) is 5.32. The number of aromatic carboxylic acids is 1. The van der Waals surface area contributed by atoms with Gasteiger partial charge in [-0.3, -0.25) is 0 Å². The molecule has 5 heteroatoms. The Hall–Kier alpha value is -2.01. The summed E-state index contributed by atoms with van der Waals surface area (Å²) in [6.45, 7) is 2.00. The average molecular weight is 321 g/mol. The maximum Gasteiger partial charge on any atom is 0.335 e. The lowest BCUT2D eigenvalue weighted by atomic mass is 10.1. The van der Waals surface area contributed by atoms with Crippen molar-refractivity contribution >= 4 is 39.0 Å². The molecule has 0 saturated carbocycles. The molecule has 0 unspecified atom stereocenters. The van der Waals surface area contributed by atoms with Crippen LogP contribution in [0.25, 0.3) is 0 Å². The van der Waals surface area contributed by atoms with Crippen molar-refractivity contribution in [2.75, 3.05) is 11.1 Å². The van der Waals surface area contributed by atoms with Gasteiger partial charge in [0, 0.05) is 4.47 Å². The third-order valence-electron chi connectivity index (χ3n) is 2.69. The van der Waals surface area contributed by atoms with Crippen molar-refractivity contribution in [2.24, 2.45) is 0 Å². The number of aryl methyl sites for hydroxylation is 1. The number of rotatable bonds is 3. The van der Waals surface area contributed by atoms with Gasteiger partial charge in [-0.05, 0) is 58.7 Å². The molecular formula is C14H13BrN2O2. The van der Waals surface area contributed by atoms with Crippen LogP contribution in [0.3, 0.4) is 0 Å². The Kier molecular flexibility index (Phi) is 3.76. The second-order valence-corrected chi connectivity index (χ2v) is 5.07. The Morgan fingerprint density at radius 1 is 1.21 bits per heavy atom. The van der Waals surface area contributed by atoms with E-state index < -0.39 is 5.97 Å². The van der Waals surface area contributed by atoms with Crippen LogP contribution in [0.2, 0.25) is 0 Å². The minimum Gasteiger partial charge on any atom is -0.478 e. The van der Waals surface area contributed by atoms with Crippen LogP contribution < -0.4 is 11.1 Å². The first kappa shape index (κ1) is 13.4. The lowest BCUT2D eigenvalue weighted by Crippen LogP contribution is -2.01. The largest absolute Gasteiger partial charge is 0.478 e. The number of carbonyl (C=O) groups is 1. The van der Waals surface area contributed by atoms with Gasteiger partial charge in [0.05, 0.1) is 22.6 Å². The molecule has 0 amide bonds. The van der Waals surface area contributed by atoms with Crippen molar-refractivity contribution in [3.63, 3.8) is 0 Å². The Morgan fingerprint density at radius 2 is 1.89 bits per heavy atom. The predicted octanol–water partition coefficient (Wildman–Crippen LogP) is 3.78. The summed E-state index contributed by atoms with van der Waals surface area (Å²) in [7, 11) is 0. The fraction of sp³-hybridized carbons (Fsp3) is 0.0714. The van der Waals surface area contributed by atoms with E-state index in [0.717, 1.165) is 15.7 Å². The molecular weight excluding hydrogens is 308 g/mol. The Bertz CT molecular complexity index is 641. The summed E-state index contributed by atoms with van der Waals surface area (Å²) < 4.78 is 0.925. The number of nitrogens with one attached hydrogen (secondary N) is 1. The van der Waals surface area contributed by atoms with Crippen LogP contribution in [0.5, 0.6) is 0 Å². The summed E-state index contributed by atoms with van der Waals surface area (Å²) in [5.41, 5.74) is 9.11. The molecule has 0 atom stereocenters. The summed E-state index contributed by atoms with van der Waals surface area (Å²) in [5.74, 6) is -0.991. The van der Waals surface area contributed by atoms with Gasteiger partial charge in [-0.2, -0.15) is 0 Å². The van der Waals surface area contributed by atoms with Crippen molar-refractivity contribution < 1.29 is 9.90 Å². The Morgan fingerprint density at radius 3 is 2.47 bits per heavy atom. The van der Waals surface area contributed by atoms with Crippen LogP contribution in [0.15, 0.2) is 40.9 Å². The number of carboxylic acid groups (broad SMARTS) is 1. The van der Waals surface area contributed by atoms with Gasteiger partial charge in [-0.1, -0.05) is 6.07 Å². The van der Waals surface area contributed by atoms with Crippen LogP contribution in [0.4, 0.5) is 17.1 Å². The molecule has 0 bridgehead atoms. The molecule has 2 rings (SSSR count). The molecule has 19 heavy (non-hydrogen) atoms. The maximum atomic E-state index is 10.8. The second-order valence-electron chi connectivity index (χ2n) is 4.22. The van der Waals surface area contributed by atoms with Crippen LogP contribution in [-0.2, 0) is 0 Å². The predicted molar refractivity (Wildman–Crippen MR) is 80.0 cm³/mol. The zero-order valence-electron chi connectivity index (χ0n) is 10.3. The van der Waals surface area contributed by atoms with Crippen molar-refractivity contribution in [1.29, 1.82) is 0 Å². The van der Waals surface area contributed by atoms with E-state index in [-0.39, 0.29) is 5.56 Å². The van der Waals surface area contributed by atoms with Gasteiger partial charge in [0.2, 0.25) is 0 Å². The monoisotopic (exact) mass is 320 g/mol. The van der Waals surface area contributed by atoms with Gasteiger partial charge >= 0.3 is 5.97 Å². The van der Waals surface area contributed by atoms with E-state index >= 15 is 0 Å². The average Bonchev–Trinajstić information content (AvgIpc) is 2.34. The highest BCUT2D eigenvalue weighted by Gasteiger charge is 2.07. The topological polar surface area (TPSA) is 75.3 Å². The number of carboxylic acids is 1. The quantitative estimate of drug-likeness (QED) is 0.752. The third-order valence-corrected chi connectivity index (χ3v) is 3.35. The minimum atomic E-state index is -0.991. The van der Waals surface area contributed by atoms with Crippen LogP contribution >= 0.6 is 15.9 Å². The molecule has 0 heterocycles. The van der Waals surface area contributed by atoms with Gasteiger partial charge in [0.25, 0.3) is 0 Å². The lowest BCUT2D eigenvalue weighted by Gasteiger charge is -2.12. The van der Waals surface area contributed by atoms with Gasteiger partial charge in [0.1, 0.15) is 0 Å². The number of hydrogen-bond donors (Lipinski definition) is 3. The van der Waals surface area contributed by atoms with Crippen LogP contribution in [0, 0.1) is 6.92 Å². The maximum absolute atomic E-state index is 10.8. The van der Waals surface area contributed by atoms with Crippen molar-refractivity contribution in [3.05, 3.63) is 52.0 Å². The molecule has 4 nitrogen and oxygen atoms in total. The first-order chi connectivity index (χ1) is 8.97. The Labute approximate surface area is 119 Å². The molecule has 0 spiro atoms. The molecule has 0 aliphatic carbocycles. The zero-order chi connectivity index (χ0) is 14.0. The smallest absolute Gasteiger partial charge is 0.335 e. The molecule has 98 valence electrons. The molecule has 2 aromatic rings. The minimum absolute atomic E-state index is 0.172. The summed E-state index contributed by atoms with van der Waals surface area (Å²) in [6, 6.07) is 10.5. The molecule has 0 aromatic heterocycles. The van der Waals surface area contributed by atoms with E-state index in [1.807, 2.05) is 25.1 Å². The van der Waals surface area contributed by atoms with E-state index in [1.165, 1.54) is 12.1 Å². The normalized spacial score (nSPS) is 10.2. The first-order valence-corrected chi connectivity index (χ1v) is 6.42. The lowest BCUT2D eigenvalue weighted by molar-refractivity contribution is 0.0697. The number of nitrogens with two attached hydrogens (primary N) is 1. The molecule has 4 N–H and O–H groups in total. The Balaban J connectivity index is 2.31. The number of halogens is 1. The summed E-state index contributed by atoms with van der Waals surface area (Å²) in [5, 5.41) is 12.1. The van der Waals surface area contributed by atoms with Gasteiger partial charge in [-0.25, -0.2) is 4.79 Å². The van der Waals surface area contributed by atoms with Crippen molar-refractivity contribution in [3.8, 4) is 0 Å². The van der Waals surface area contributed by atoms with E-state index in [0.29, 0.717) is 11.4 Å². The van der Waals surface area contributed by atoms with Crippen molar-refractivity contribution in [1.82, 2.24) is 0 Å². The van der Waals surface area contributed by atoms with Gasteiger partial charge in [-0.15, -0.1) is 0 Å². The summed E-state index contributed by atoms with van der Waals surface area (Å²) >= 11 is 3.47. The zero-order valence-corrected chi connectivity index (χ0v) is 11.9. The highest BCUT2D eigenvalue weighted by molar-refractivity contribution is 9.10. The third kappa shape index (κ3) is 3.06. The molecule has 0 aliphatic heterocycles. The van der Waals surface area contributed by atoms with Gasteiger partial charge < -0.3 is 16.2 Å². The standard InChI is InChI=1S/C14H13BrN2O2/c1-8-2-4-12(10(15)6-8)17-13-5-3-9(14(18)19)7-11(13)16/h2-7,17H,16H2,1H3,(H,18,19). The number of benzene rings is 2. The van der Waals surface area contributed by atoms with E-state index in [2.05, 4.69) is 21.2 Å². The van der Waals surface area contributed by atoms with E-state index in [4.69, 9.17) is 10.8 Å². The van der Waals surface area contributed by atoms with Crippen LogP contribution in [-0.4, -0.2) is 11.1 Å². The molecule has 0 aliphatic rings. The summed E-state index contributed by atoms with van der Waals surface area (Å²) in [6.07, 6.45) is 0. The molecule has 2 aromatic carbocycles. The van der Waals surface area contributed by atoms with Gasteiger partial charge in [0.15, 0.2) is 0 Å². The van der Waals surface area contributed by atoms with Crippen molar-refractivity contribution in [2.45, 2.75) is 6.92 Å².